The average molecular weight is 396 g/mol. The highest BCUT2D eigenvalue weighted by atomic mass is 19.1. The van der Waals surface area contributed by atoms with Gasteiger partial charge in [-0.25, -0.2) is 31.5 Å². The first-order valence-corrected chi connectivity index (χ1v) is 8.78. The van der Waals surface area contributed by atoms with Crippen molar-refractivity contribution in [3.63, 3.8) is 0 Å². The number of ether oxygens (including phenoxy) is 1. The molecule has 2 aromatic heterocycles. The Morgan fingerprint density at radius 3 is 2.62 bits per heavy atom. The van der Waals surface area contributed by atoms with Gasteiger partial charge in [0.15, 0.2) is 0 Å². The third-order valence-electron chi connectivity index (χ3n) is 4.40. The van der Waals surface area contributed by atoms with Crippen molar-refractivity contribution in [1.82, 2.24) is 15.4 Å². The number of nitrogens with zero attached hydrogens (tertiary/aromatic N) is 3. The van der Waals surface area contributed by atoms with Crippen LogP contribution in [0.1, 0.15) is 16.8 Å². The Balaban J connectivity index is 1.85. The number of nitrogens with two attached hydrogens (primary N) is 2. The Kier molecular flexibility index (Phi) is 6.01. The number of benzene rings is 1. The second kappa shape index (κ2) is 8.63. The van der Waals surface area contributed by atoms with Crippen LogP contribution in [0.25, 0.3) is 11.3 Å². The molecule has 0 aliphatic heterocycles. The maximum Gasteiger partial charge on any atom is 0.350 e. The van der Waals surface area contributed by atoms with E-state index in [1.807, 2.05) is 18.4 Å². The van der Waals surface area contributed by atoms with Gasteiger partial charge in [-0.3, -0.25) is 5.43 Å². The molecule has 5 N–H and O–H groups in total. The van der Waals surface area contributed by atoms with Gasteiger partial charge in [-0.05, 0) is 43.7 Å². The number of halogens is 1. The van der Waals surface area contributed by atoms with E-state index in [1.165, 1.54) is 6.07 Å². The predicted molar refractivity (Wildman–Crippen MR) is 107 cm³/mol. The fraction of sp³-hybridized carbons (Fsp3) is 0.150. The van der Waals surface area contributed by atoms with Crippen LogP contribution in [0.4, 0.5) is 14.9 Å². The van der Waals surface area contributed by atoms with Crippen LogP contribution in [-0.2, 0) is 6.61 Å². The first kappa shape index (κ1) is 20.2. The van der Waals surface area contributed by atoms with E-state index in [9.17, 15) is 9.18 Å². The van der Waals surface area contributed by atoms with Crippen molar-refractivity contribution in [1.29, 1.82) is 0 Å². The van der Waals surface area contributed by atoms with Gasteiger partial charge in [0.1, 0.15) is 6.61 Å². The summed E-state index contributed by atoms with van der Waals surface area (Å²) in [6, 6.07) is 12.9. The van der Waals surface area contributed by atoms with Crippen LogP contribution in [0.2, 0.25) is 0 Å². The van der Waals surface area contributed by atoms with Gasteiger partial charge in [0.2, 0.25) is 11.8 Å². The van der Waals surface area contributed by atoms with Crippen molar-refractivity contribution in [3.05, 3.63) is 71.3 Å². The fourth-order valence-electron chi connectivity index (χ4n) is 2.87. The summed E-state index contributed by atoms with van der Waals surface area (Å²) in [6.07, 6.45) is 0. The van der Waals surface area contributed by atoms with E-state index in [4.69, 9.17) is 16.4 Å². The van der Waals surface area contributed by atoms with Crippen LogP contribution >= 0.6 is 0 Å². The number of aromatic nitrogens is 2. The van der Waals surface area contributed by atoms with Gasteiger partial charge in [0.25, 0.3) is 0 Å². The molecule has 0 unspecified atom stereocenters. The summed E-state index contributed by atoms with van der Waals surface area (Å²) >= 11 is 0. The molecule has 0 bridgehead atoms. The number of amides is 2. The maximum absolute atomic E-state index is 13.3. The van der Waals surface area contributed by atoms with E-state index in [1.54, 1.807) is 43.3 Å². The molecule has 0 saturated heterocycles. The minimum atomic E-state index is -0.656. The minimum absolute atomic E-state index is 0.130. The molecule has 8 nitrogen and oxygen atoms in total. The van der Waals surface area contributed by atoms with Gasteiger partial charge in [0, 0.05) is 22.9 Å². The number of pyridine rings is 2. The van der Waals surface area contributed by atoms with E-state index in [2.05, 4.69) is 9.97 Å². The van der Waals surface area contributed by atoms with Gasteiger partial charge < -0.3 is 4.74 Å². The zero-order valence-corrected chi connectivity index (χ0v) is 16.0. The second-order valence-electron chi connectivity index (χ2n) is 6.31. The SMILES string of the molecule is Cc1cccc(N(N)C(=O)NN)c1COc1cccc(-c2ccc(F)nc2C)n1. The summed E-state index contributed by atoms with van der Waals surface area (Å²) in [7, 11) is 0. The molecule has 9 heteroatoms. The molecular weight excluding hydrogens is 375 g/mol. The molecule has 0 aliphatic rings. The molecule has 0 spiro atoms. The van der Waals surface area contributed by atoms with Gasteiger partial charge in [0.05, 0.1) is 11.4 Å². The van der Waals surface area contributed by atoms with E-state index >= 15 is 0 Å². The zero-order chi connectivity index (χ0) is 21.0. The van der Waals surface area contributed by atoms with Gasteiger partial charge in [-0.15, -0.1) is 0 Å². The van der Waals surface area contributed by atoms with Crippen LogP contribution in [0.3, 0.4) is 0 Å². The Bertz CT molecular complexity index is 1040. The summed E-state index contributed by atoms with van der Waals surface area (Å²) in [4.78, 5) is 20.1. The van der Waals surface area contributed by atoms with E-state index in [0.717, 1.165) is 10.6 Å². The first-order chi connectivity index (χ1) is 13.9. The van der Waals surface area contributed by atoms with Gasteiger partial charge >= 0.3 is 6.03 Å². The fourth-order valence-corrected chi connectivity index (χ4v) is 2.87. The highest BCUT2D eigenvalue weighted by molar-refractivity contribution is 5.91. The smallest absolute Gasteiger partial charge is 0.350 e. The Morgan fingerprint density at radius 1 is 1.14 bits per heavy atom. The number of urea groups is 1. The number of anilines is 1. The molecule has 0 fully saturated rings. The Labute approximate surface area is 167 Å². The molecule has 0 saturated carbocycles. The van der Waals surface area contributed by atoms with Crippen molar-refractivity contribution < 1.29 is 13.9 Å². The number of hydrogen-bond donors (Lipinski definition) is 3. The third kappa shape index (κ3) is 4.48. The monoisotopic (exact) mass is 396 g/mol. The molecule has 0 radical (unpaired) electrons. The minimum Gasteiger partial charge on any atom is -0.473 e. The number of carbonyl (C=O) groups excluding carboxylic acids is 1. The van der Waals surface area contributed by atoms with E-state index in [-0.39, 0.29) is 6.61 Å². The van der Waals surface area contributed by atoms with Crippen molar-refractivity contribution >= 4 is 11.7 Å². The number of hydrazine groups is 2. The standard InChI is InChI=1S/C20H21FN6O2/c1-12-5-3-7-17(27(23)20(28)26-22)15(12)11-29-19-8-4-6-16(25-19)14-9-10-18(21)24-13(14)2/h3-10H,11,22-23H2,1-2H3,(H,26,28). The van der Waals surface area contributed by atoms with Crippen molar-refractivity contribution in [3.8, 4) is 17.1 Å². The lowest BCUT2D eigenvalue weighted by Gasteiger charge is -2.21. The van der Waals surface area contributed by atoms with Crippen LogP contribution in [-0.4, -0.2) is 16.0 Å². The van der Waals surface area contributed by atoms with Crippen LogP contribution in [0, 0.1) is 19.8 Å². The van der Waals surface area contributed by atoms with Gasteiger partial charge in [-0.1, -0.05) is 18.2 Å². The molecular formula is C20H21FN6O2. The summed E-state index contributed by atoms with van der Waals surface area (Å²) in [5, 5.41) is 0.920. The van der Waals surface area contributed by atoms with E-state index < -0.39 is 12.0 Å². The van der Waals surface area contributed by atoms with Crippen molar-refractivity contribution in [2.24, 2.45) is 11.7 Å². The molecule has 2 heterocycles. The van der Waals surface area contributed by atoms with Crippen molar-refractivity contribution in [2.75, 3.05) is 5.01 Å². The first-order valence-electron chi connectivity index (χ1n) is 8.78. The lowest BCUT2D eigenvalue weighted by Crippen LogP contribution is -2.48. The summed E-state index contributed by atoms with van der Waals surface area (Å²) in [5.74, 6) is 10.8. The molecule has 150 valence electrons. The maximum atomic E-state index is 13.3. The summed E-state index contributed by atoms with van der Waals surface area (Å²) in [5.41, 5.74) is 5.91. The second-order valence-corrected chi connectivity index (χ2v) is 6.31. The predicted octanol–water partition coefficient (Wildman–Crippen LogP) is 2.74. The summed E-state index contributed by atoms with van der Waals surface area (Å²) in [6.45, 7) is 3.73. The quantitative estimate of drug-likeness (QED) is 0.264. The van der Waals surface area contributed by atoms with Crippen molar-refractivity contribution in [2.45, 2.75) is 20.5 Å². The van der Waals surface area contributed by atoms with E-state index in [0.29, 0.717) is 34.1 Å². The van der Waals surface area contributed by atoms with Crippen LogP contribution in [0.15, 0.2) is 48.5 Å². The van der Waals surface area contributed by atoms with Crippen LogP contribution in [0.5, 0.6) is 5.88 Å². The number of carbonyl (C=O) groups is 1. The molecule has 29 heavy (non-hydrogen) atoms. The topological polar surface area (TPSA) is 119 Å². The Hall–Kier alpha value is -3.56. The molecule has 1 aromatic carbocycles. The number of hydrogen-bond acceptors (Lipinski definition) is 6. The lowest BCUT2D eigenvalue weighted by molar-refractivity contribution is 0.246. The highest BCUT2D eigenvalue weighted by Gasteiger charge is 2.16. The average Bonchev–Trinajstić information content (AvgIpc) is 2.71. The third-order valence-corrected chi connectivity index (χ3v) is 4.40. The lowest BCUT2D eigenvalue weighted by atomic mass is 10.1. The molecule has 0 atom stereocenters. The molecule has 2 amide bonds. The number of rotatable bonds is 5. The molecule has 3 rings (SSSR count). The number of aryl methyl sites for hydroxylation is 2. The van der Waals surface area contributed by atoms with Crippen LogP contribution < -0.4 is 26.9 Å². The highest BCUT2D eigenvalue weighted by Crippen LogP contribution is 2.26. The largest absolute Gasteiger partial charge is 0.473 e. The zero-order valence-electron chi connectivity index (χ0n) is 16.0. The summed E-state index contributed by atoms with van der Waals surface area (Å²) < 4.78 is 19.1. The number of nitrogens with one attached hydrogen (secondary N) is 1. The van der Waals surface area contributed by atoms with Gasteiger partial charge in [-0.2, -0.15) is 4.39 Å². The normalized spacial score (nSPS) is 10.5. The Morgan fingerprint density at radius 2 is 1.90 bits per heavy atom. The molecule has 0 aliphatic carbocycles. The molecule has 3 aromatic rings.